The lowest BCUT2D eigenvalue weighted by atomic mass is 10.00. The second-order valence-corrected chi connectivity index (χ2v) is 5.21. The van der Waals surface area contributed by atoms with Crippen LogP contribution in [0.3, 0.4) is 0 Å². The predicted octanol–water partition coefficient (Wildman–Crippen LogP) is 1.16. The Morgan fingerprint density at radius 3 is 2.74 bits per heavy atom. The van der Waals surface area contributed by atoms with E-state index in [9.17, 15) is 5.11 Å². The van der Waals surface area contributed by atoms with E-state index in [-0.39, 0.29) is 18.8 Å². The van der Waals surface area contributed by atoms with Gasteiger partial charge in [-0.1, -0.05) is 30.3 Å². The van der Waals surface area contributed by atoms with Crippen LogP contribution in [0.25, 0.3) is 0 Å². The van der Waals surface area contributed by atoms with Crippen LogP contribution >= 0.6 is 0 Å². The summed E-state index contributed by atoms with van der Waals surface area (Å²) in [6.07, 6.45) is 0.983. The van der Waals surface area contributed by atoms with Crippen molar-refractivity contribution < 1.29 is 9.84 Å². The minimum Gasteiger partial charge on any atom is -0.394 e. The summed E-state index contributed by atoms with van der Waals surface area (Å²) in [4.78, 5) is 2.39. The third-order valence-electron chi connectivity index (χ3n) is 3.62. The summed E-state index contributed by atoms with van der Waals surface area (Å²) in [5.41, 5.74) is 7.06. The van der Waals surface area contributed by atoms with Gasteiger partial charge >= 0.3 is 0 Å². The Balaban J connectivity index is 2.14. The Morgan fingerprint density at radius 1 is 1.37 bits per heavy atom. The van der Waals surface area contributed by atoms with E-state index in [1.165, 1.54) is 5.56 Å². The first-order valence-corrected chi connectivity index (χ1v) is 7.00. The van der Waals surface area contributed by atoms with Crippen LogP contribution < -0.4 is 5.73 Å². The van der Waals surface area contributed by atoms with Crippen molar-refractivity contribution in [2.24, 2.45) is 5.73 Å². The number of hydrogen-bond donors (Lipinski definition) is 2. The van der Waals surface area contributed by atoms with Gasteiger partial charge in [0.2, 0.25) is 0 Å². The second kappa shape index (κ2) is 7.01. The van der Waals surface area contributed by atoms with E-state index < -0.39 is 0 Å². The van der Waals surface area contributed by atoms with Gasteiger partial charge in [0.25, 0.3) is 0 Å². The highest BCUT2D eigenvalue weighted by Crippen LogP contribution is 2.27. The van der Waals surface area contributed by atoms with Crippen molar-refractivity contribution in [3.05, 3.63) is 35.9 Å². The summed E-state index contributed by atoms with van der Waals surface area (Å²) in [7, 11) is 0. The van der Waals surface area contributed by atoms with E-state index in [1.54, 1.807) is 0 Å². The number of morpholine rings is 1. The molecule has 2 rings (SSSR count). The standard InChI is InChI=1S/C15H24N2O2/c1-12-9-17(10-14(11-18)19-12)15(7-8-16)13-5-3-2-4-6-13/h2-6,12,14-15,18H,7-11,16H2,1H3. The fourth-order valence-electron chi connectivity index (χ4n) is 2.83. The first kappa shape index (κ1) is 14.5. The van der Waals surface area contributed by atoms with E-state index >= 15 is 0 Å². The fourth-order valence-corrected chi connectivity index (χ4v) is 2.83. The molecule has 0 spiro atoms. The summed E-state index contributed by atoms with van der Waals surface area (Å²) < 4.78 is 5.71. The van der Waals surface area contributed by atoms with Gasteiger partial charge in [-0.15, -0.1) is 0 Å². The molecule has 1 aromatic carbocycles. The van der Waals surface area contributed by atoms with Crippen molar-refractivity contribution in [1.82, 2.24) is 4.90 Å². The van der Waals surface area contributed by atoms with E-state index in [1.807, 2.05) is 6.07 Å². The maximum atomic E-state index is 9.33. The summed E-state index contributed by atoms with van der Waals surface area (Å²) in [5, 5.41) is 9.33. The Kier molecular flexibility index (Phi) is 5.34. The SMILES string of the molecule is CC1CN(C(CCN)c2ccccc2)CC(CO)O1. The minimum absolute atomic E-state index is 0.0744. The van der Waals surface area contributed by atoms with E-state index in [0.29, 0.717) is 12.6 Å². The molecule has 0 bridgehead atoms. The highest BCUT2D eigenvalue weighted by Gasteiger charge is 2.29. The minimum atomic E-state index is -0.0901. The average molecular weight is 264 g/mol. The molecule has 4 nitrogen and oxygen atoms in total. The molecule has 1 saturated heterocycles. The third-order valence-corrected chi connectivity index (χ3v) is 3.62. The first-order chi connectivity index (χ1) is 9.24. The van der Waals surface area contributed by atoms with Gasteiger partial charge in [-0.25, -0.2) is 0 Å². The number of nitrogens with two attached hydrogens (primary N) is 1. The summed E-state index contributed by atoms with van der Waals surface area (Å²) in [6, 6.07) is 10.8. The zero-order chi connectivity index (χ0) is 13.7. The van der Waals surface area contributed by atoms with Gasteiger partial charge in [0.15, 0.2) is 0 Å². The van der Waals surface area contributed by atoms with Crippen LogP contribution in [0, 0.1) is 0 Å². The second-order valence-electron chi connectivity index (χ2n) is 5.21. The molecular formula is C15H24N2O2. The summed E-state index contributed by atoms with van der Waals surface area (Å²) >= 11 is 0. The number of ether oxygens (including phenoxy) is 1. The van der Waals surface area contributed by atoms with Crippen LogP contribution in [0.4, 0.5) is 0 Å². The van der Waals surface area contributed by atoms with Crippen molar-refractivity contribution in [3.63, 3.8) is 0 Å². The molecule has 0 aromatic heterocycles. The lowest BCUT2D eigenvalue weighted by Crippen LogP contribution is -2.49. The molecule has 1 fully saturated rings. The van der Waals surface area contributed by atoms with Crippen molar-refractivity contribution >= 4 is 0 Å². The number of aliphatic hydroxyl groups excluding tert-OH is 1. The van der Waals surface area contributed by atoms with Gasteiger partial charge in [-0.2, -0.15) is 0 Å². The molecule has 19 heavy (non-hydrogen) atoms. The Bertz CT molecular complexity index is 372. The summed E-state index contributed by atoms with van der Waals surface area (Å²) in [5.74, 6) is 0. The van der Waals surface area contributed by atoms with E-state index in [4.69, 9.17) is 10.5 Å². The molecular weight excluding hydrogens is 240 g/mol. The van der Waals surface area contributed by atoms with Gasteiger partial charge < -0.3 is 15.6 Å². The van der Waals surface area contributed by atoms with Gasteiger partial charge in [-0.3, -0.25) is 4.90 Å². The number of benzene rings is 1. The van der Waals surface area contributed by atoms with Crippen LogP contribution in [0.15, 0.2) is 30.3 Å². The Morgan fingerprint density at radius 2 is 2.11 bits per heavy atom. The number of aliphatic hydroxyl groups is 1. The highest BCUT2D eigenvalue weighted by molar-refractivity contribution is 5.19. The molecule has 3 atom stereocenters. The largest absolute Gasteiger partial charge is 0.394 e. The lowest BCUT2D eigenvalue weighted by Gasteiger charge is -2.41. The van der Waals surface area contributed by atoms with Crippen molar-refractivity contribution in [2.75, 3.05) is 26.2 Å². The van der Waals surface area contributed by atoms with Gasteiger partial charge in [0, 0.05) is 19.1 Å². The molecule has 3 N–H and O–H groups in total. The molecule has 1 aliphatic heterocycles. The Labute approximate surface area is 115 Å². The highest BCUT2D eigenvalue weighted by atomic mass is 16.5. The van der Waals surface area contributed by atoms with Crippen molar-refractivity contribution in [3.8, 4) is 0 Å². The topological polar surface area (TPSA) is 58.7 Å². The lowest BCUT2D eigenvalue weighted by molar-refractivity contribution is -0.106. The maximum absolute atomic E-state index is 9.33. The zero-order valence-electron chi connectivity index (χ0n) is 11.5. The average Bonchev–Trinajstić information content (AvgIpc) is 2.45. The quantitative estimate of drug-likeness (QED) is 0.838. The third kappa shape index (κ3) is 3.76. The molecule has 4 heteroatoms. The van der Waals surface area contributed by atoms with Crippen molar-refractivity contribution in [2.45, 2.75) is 31.6 Å². The zero-order valence-corrected chi connectivity index (χ0v) is 11.5. The molecule has 0 saturated carbocycles. The van der Waals surface area contributed by atoms with Crippen molar-refractivity contribution in [1.29, 1.82) is 0 Å². The monoisotopic (exact) mass is 264 g/mol. The van der Waals surface area contributed by atoms with Crippen LogP contribution in [0.2, 0.25) is 0 Å². The normalized spacial score (nSPS) is 26.3. The molecule has 1 heterocycles. The fraction of sp³-hybridized carbons (Fsp3) is 0.600. The number of nitrogens with zero attached hydrogens (tertiary/aromatic N) is 1. The molecule has 0 radical (unpaired) electrons. The maximum Gasteiger partial charge on any atom is 0.0936 e. The number of rotatable bonds is 5. The first-order valence-electron chi connectivity index (χ1n) is 7.00. The van der Waals surface area contributed by atoms with Crippen LogP contribution in [-0.2, 0) is 4.74 Å². The molecule has 1 aromatic rings. The predicted molar refractivity (Wildman–Crippen MR) is 75.8 cm³/mol. The molecule has 1 aliphatic rings. The molecule has 106 valence electrons. The van der Waals surface area contributed by atoms with Crippen LogP contribution in [-0.4, -0.2) is 48.5 Å². The molecule has 0 amide bonds. The van der Waals surface area contributed by atoms with Gasteiger partial charge in [-0.05, 0) is 25.5 Å². The van der Waals surface area contributed by atoms with E-state index in [0.717, 1.165) is 19.5 Å². The molecule has 3 unspecified atom stereocenters. The summed E-state index contributed by atoms with van der Waals surface area (Å²) in [6.45, 7) is 4.44. The van der Waals surface area contributed by atoms with E-state index in [2.05, 4.69) is 36.1 Å². The molecule has 0 aliphatic carbocycles. The van der Waals surface area contributed by atoms with Crippen LogP contribution in [0.5, 0.6) is 0 Å². The number of hydrogen-bond acceptors (Lipinski definition) is 4. The Hall–Kier alpha value is -0.940. The van der Waals surface area contributed by atoms with Gasteiger partial charge in [0.05, 0.1) is 18.8 Å². The van der Waals surface area contributed by atoms with Crippen LogP contribution in [0.1, 0.15) is 24.9 Å². The van der Waals surface area contributed by atoms with Gasteiger partial charge in [0.1, 0.15) is 0 Å². The smallest absolute Gasteiger partial charge is 0.0936 e.